The molecule has 2 N–H and O–H groups in total. The normalized spacial score (nSPS) is 24.2. The number of aliphatic hydroxyl groups excluding tert-OH is 1. The van der Waals surface area contributed by atoms with Crippen LogP contribution < -0.4 is 5.32 Å². The molecule has 5 fully saturated rings. The molecular formula is C40H39Cl2FN6O3S. The molecule has 3 saturated heterocycles. The summed E-state index contributed by atoms with van der Waals surface area (Å²) in [6.07, 6.45) is 2.65. The van der Waals surface area contributed by atoms with Gasteiger partial charge in [0.15, 0.2) is 5.82 Å². The summed E-state index contributed by atoms with van der Waals surface area (Å²) in [6, 6.07) is 11.3. The standard InChI is InChI=1S/C40H39Cl2FN6O3S/c1-19-18-53-47-30(19)17-52-24-13-31(48(16-24)40(51)21-8-9-21)32-14-27-36(20(2)50)46-37-26(39(27)49(32)38-23-12-29(38)45-15-23)11-22(5-4-10-44)33(35(37)43)25-6-3-7-28(41)34(25)42/h3,6-7,11,14,18,20-21,23-24,29,31,38,45,50H,4-5,8-9,12-13,15-17H2,1-2H3. The number of fused-ring (bicyclic) bond motifs is 4. The van der Waals surface area contributed by atoms with Gasteiger partial charge < -0.3 is 24.6 Å². The van der Waals surface area contributed by atoms with Crippen molar-refractivity contribution in [2.75, 3.05) is 13.1 Å². The molecule has 9 nitrogen and oxygen atoms in total. The molecule has 53 heavy (non-hydrogen) atoms. The molecule has 2 aromatic carbocycles. The first-order valence-electron chi connectivity index (χ1n) is 18.4. The highest BCUT2D eigenvalue weighted by Gasteiger charge is 2.51. The summed E-state index contributed by atoms with van der Waals surface area (Å²) >= 11 is 14.5. The molecule has 0 spiro atoms. The van der Waals surface area contributed by atoms with Gasteiger partial charge in [0.25, 0.3) is 0 Å². The molecule has 2 aliphatic carbocycles. The van der Waals surface area contributed by atoms with Crippen LogP contribution in [0.25, 0.3) is 32.9 Å². The van der Waals surface area contributed by atoms with Crippen LogP contribution in [-0.2, 0) is 22.6 Å². The number of benzene rings is 2. The first kappa shape index (κ1) is 35.1. The smallest absolute Gasteiger partial charge is 0.226 e. The van der Waals surface area contributed by atoms with Crippen LogP contribution in [0.1, 0.15) is 85.4 Å². The summed E-state index contributed by atoms with van der Waals surface area (Å²) < 4.78 is 30.7. The maximum Gasteiger partial charge on any atom is 0.226 e. The number of nitrogens with one attached hydrogen (secondary N) is 1. The predicted octanol–water partition coefficient (Wildman–Crippen LogP) is 8.38. The van der Waals surface area contributed by atoms with Crippen LogP contribution in [0.2, 0.25) is 10.0 Å². The van der Waals surface area contributed by atoms with E-state index in [1.54, 1.807) is 25.1 Å². The van der Waals surface area contributed by atoms with E-state index in [4.69, 9.17) is 32.9 Å². The largest absolute Gasteiger partial charge is 0.387 e. The minimum atomic E-state index is -1.01. The Hall–Kier alpha value is -3.63. The number of pyridine rings is 1. The third-order valence-corrected chi connectivity index (χ3v) is 13.4. The van der Waals surface area contributed by atoms with E-state index in [1.807, 2.05) is 23.3 Å². The maximum absolute atomic E-state index is 17.3. The lowest BCUT2D eigenvalue weighted by atomic mass is 9.79. The number of nitrogens with zero attached hydrogens (tertiary/aromatic N) is 5. The summed E-state index contributed by atoms with van der Waals surface area (Å²) in [5.74, 6) is -0.0668. The number of likely N-dealkylation sites (tertiary alicyclic amines) is 1. The van der Waals surface area contributed by atoms with Crippen LogP contribution in [0.4, 0.5) is 4.39 Å². The van der Waals surface area contributed by atoms with Gasteiger partial charge in [-0.1, -0.05) is 35.3 Å². The van der Waals surface area contributed by atoms with Crippen LogP contribution in [0.15, 0.2) is 35.7 Å². The van der Waals surface area contributed by atoms with Crippen molar-refractivity contribution in [3.05, 3.63) is 79.8 Å². The number of nitriles is 1. The molecule has 3 aromatic heterocycles. The molecule has 2 saturated carbocycles. The second-order valence-corrected chi connectivity index (χ2v) is 16.6. The van der Waals surface area contributed by atoms with Crippen molar-refractivity contribution in [1.82, 2.24) is 24.1 Å². The summed E-state index contributed by atoms with van der Waals surface area (Å²) in [5, 5.41) is 28.4. The molecule has 10 rings (SSSR count). The number of aromatic nitrogens is 3. The van der Waals surface area contributed by atoms with Gasteiger partial charge in [-0.05, 0) is 86.3 Å². The number of halogens is 3. The van der Waals surface area contributed by atoms with Crippen molar-refractivity contribution in [1.29, 1.82) is 5.26 Å². The monoisotopic (exact) mass is 772 g/mol. The highest BCUT2D eigenvalue weighted by molar-refractivity contribution is 7.03. The van der Waals surface area contributed by atoms with Crippen LogP contribution in [0.3, 0.4) is 0 Å². The minimum absolute atomic E-state index is 0.0143. The molecule has 6 heterocycles. The van der Waals surface area contributed by atoms with Crippen molar-refractivity contribution in [2.45, 2.75) is 89.3 Å². The van der Waals surface area contributed by atoms with Crippen LogP contribution in [0.5, 0.6) is 0 Å². The molecular weight excluding hydrogens is 734 g/mol. The number of aryl methyl sites for hydroxylation is 2. The van der Waals surface area contributed by atoms with Gasteiger partial charge in [-0.15, -0.1) is 0 Å². The third-order valence-electron chi connectivity index (χ3n) is 11.8. The van der Waals surface area contributed by atoms with Crippen LogP contribution in [-0.4, -0.2) is 55.1 Å². The number of carbonyl (C=O) groups is 1. The first-order chi connectivity index (χ1) is 25.6. The zero-order valence-corrected chi connectivity index (χ0v) is 31.7. The zero-order valence-electron chi connectivity index (χ0n) is 29.4. The fourth-order valence-electron chi connectivity index (χ4n) is 8.94. The predicted molar refractivity (Wildman–Crippen MR) is 203 cm³/mol. The summed E-state index contributed by atoms with van der Waals surface area (Å²) in [5.41, 5.74) is 5.51. The molecule has 5 aromatic rings. The van der Waals surface area contributed by atoms with Gasteiger partial charge in [-0.3, -0.25) is 4.79 Å². The SMILES string of the molecule is Cc1csnc1COC1CC(c2cc3c(C(C)O)nc4c(F)c(-c5cccc(Cl)c5Cl)c(CCC#N)cc4c3n2C2C3CNC2C3)N(C(=O)C2CC2)C1. The van der Waals surface area contributed by atoms with E-state index in [-0.39, 0.29) is 65.0 Å². The van der Waals surface area contributed by atoms with Gasteiger partial charge in [0.05, 0.1) is 63.9 Å². The molecule has 6 atom stereocenters. The number of rotatable bonds is 10. The van der Waals surface area contributed by atoms with E-state index in [0.29, 0.717) is 52.7 Å². The zero-order chi connectivity index (χ0) is 36.7. The summed E-state index contributed by atoms with van der Waals surface area (Å²) in [4.78, 5) is 20.9. The van der Waals surface area contributed by atoms with E-state index < -0.39 is 11.9 Å². The molecule has 6 unspecified atom stereocenters. The Morgan fingerprint density at radius 1 is 1.25 bits per heavy atom. The fourth-order valence-corrected chi connectivity index (χ4v) is 10.0. The number of carbonyl (C=O) groups excluding carboxylic acids is 1. The molecule has 5 aliphatic rings. The fraction of sp³-hybridized carbons (Fsp3) is 0.450. The minimum Gasteiger partial charge on any atom is -0.387 e. The molecule has 13 heteroatoms. The van der Waals surface area contributed by atoms with Gasteiger partial charge in [0.2, 0.25) is 5.91 Å². The van der Waals surface area contributed by atoms with Crippen molar-refractivity contribution in [2.24, 2.45) is 11.8 Å². The van der Waals surface area contributed by atoms with Gasteiger partial charge >= 0.3 is 0 Å². The van der Waals surface area contributed by atoms with Crippen LogP contribution >= 0.6 is 34.7 Å². The lowest BCUT2D eigenvalue weighted by molar-refractivity contribution is -0.134. The Morgan fingerprint density at radius 2 is 2.08 bits per heavy atom. The van der Waals surface area contributed by atoms with E-state index in [9.17, 15) is 15.2 Å². The second kappa shape index (κ2) is 13.6. The van der Waals surface area contributed by atoms with Crippen molar-refractivity contribution in [3.63, 3.8) is 0 Å². The Kier molecular flexibility index (Phi) is 9.00. The lowest BCUT2D eigenvalue weighted by Gasteiger charge is -2.39. The molecule has 274 valence electrons. The quantitative estimate of drug-likeness (QED) is 0.147. The second-order valence-electron chi connectivity index (χ2n) is 15.1. The van der Waals surface area contributed by atoms with E-state index in [1.165, 1.54) is 11.5 Å². The van der Waals surface area contributed by atoms with Gasteiger partial charge in [0.1, 0.15) is 5.52 Å². The van der Waals surface area contributed by atoms with Gasteiger partial charge in [-0.25, -0.2) is 9.37 Å². The Bertz CT molecular complexity index is 2320. The number of hydrogen-bond acceptors (Lipinski definition) is 8. The maximum atomic E-state index is 17.3. The topological polar surface area (TPSA) is 116 Å². The Labute approximate surface area is 320 Å². The average molecular weight is 774 g/mol. The lowest BCUT2D eigenvalue weighted by Crippen LogP contribution is -2.41. The number of amides is 1. The average Bonchev–Trinajstić information content (AvgIpc) is 3.56. The highest BCUT2D eigenvalue weighted by atomic mass is 35.5. The molecule has 0 radical (unpaired) electrons. The number of hydrogen-bond donors (Lipinski definition) is 2. The molecule has 2 bridgehead atoms. The van der Waals surface area contributed by atoms with E-state index in [2.05, 4.69) is 26.4 Å². The van der Waals surface area contributed by atoms with E-state index >= 15 is 4.39 Å². The molecule has 1 amide bonds. The molecule has 3 aliphatic heterocycles. The Balaban J connectivity index is 1.27. The van der Waals surface area contributed by atoms with Crippen molar-refractivity contribution < 1.29 is 19.0 Å². The van der Waals surface area contributed by atoms with Gasteiger partial charge in [0, 0.05) is 70.9 Å². The van der Waals surface area contributed by atoms with Crippen molar-refractivity contribution in [3.8, 4) is 17.2 Å². The summed E-state index contributed by atoms with van der Waals surface area (Å²) in [6.45, 7) is 5.40. The highest BCUT2D eigenvalue weighted by Crippen LogP contribution is 2.52. The Morgan fingerprint density at radius 3 is 2.75 bits per heavy atom. The van der Waals surface area contributed by atoms with Crippen molar-refractivity contribution >= 4 is 62.4 Å². The summed E-state index contributed by atoms with van der Waals surface area (Å²) in [7, 11) is 0. The first-order valence-corrected chi connectivity index (χ1v) is 20.0. The van der Waals surface area contributed by atoms with Crippen LogP contribution in [0, 0.1) is 35.9 Å². The van der Waals surface area contributed by atoms with Gasteiger partial charge in [-0.2, -0.15) is 9.64 Å². The third kappa shape index (κ3) is 5.85. The van der Waals surface area contributed by atoms with E-state index in [0.717, 1.165) is 53.7 Å². The number of aliphatic hydroxyl groups is 1. The number of ether oxygens (including phenoxy) is 1.